The first-order chi connectivity index (χ1) is 12.4. The molecule has 136 valence electrons. The SMILES string of the molecule is CC(O)(CNS(=O)(=O)c1ccc2c(c1)CCO2)c1cc2ccccc2o1. The van der Waals surface area contributed by atoms with Gasteiger partial charge in [-0.25, -0.2) is 13.1 Å². The van der Waals surface area contributed by atoms with Gasteiger partial charge in [0.2, 0.25) is 10.0 Å². The minimum absolute atomic E-state index is 0.155. The summed E-state index contributed by atoms with van der Waals surface area (Å²) in [5, 5.41) is 11.6. The Morgan fingerprint density at radius 2 is 2.00 bits per heavy atom. The van der Waals surface area contributed by atoms with E-state index in [9.17, 15) is 13.5 Å². The van der Waals surface area contributed by atoms with Crippen molar-refractivity contribution in [3.8, 4) is 5.75 Å². The molecule has 4 rings (SSSR count). The van der Waals surface area contributed by atoms with E-state index < -0.39 is 15.6 Å². The molecule has 0 saturated heterocycles. The zero-order chi connectivity index (χ0) is 18.4. The summed E-state index contributed by atoms with van der Waals surface area (Å²) in [6.45, 7) is 1.87. The van der Waals surface area contributed by atoms with Crippen molar-refractivity contribution < 1.29 is 22.7 Å². The molecule has 2 heterocycles. The lowest BCUT2D eigenvalue weighted by Gasteiger charge is -2.21. The number of furan rings is 1. The predicted octanol–water partition coefficient (Wildman–Crippen LogP) is 2.55. The number of rotatable bonds is 5. The fourth-order valence-corrected chi connectivity index (χ4v) is 4.17. The molecule has 1 atom stereocenters. The Balaban J connectivity index is 1.54. The third kappa shape index (κ3) is 3.09. The van der Waals surface area contributed by atoms with E-state index in [1.807, 2.05) is 18.2 Å². The maximum atomic E-state index is 12.6. The number of sulfonamides is 1. The van der Waals surface area contributed by atoms with Crippen molar-refractivity contribution in [2.24, 2.45) is 0 Å². The Morgan fingerprint density at radius 1 is 1.19 bits per heavy atom. The van der Waals surface area contributed by atoms with Crippen LogP contribution in [-0.4, -0.2) is 26.7 Å². The Morgan fingerprint density at radius 3 is 2.81 bits per heavy atom. The van der Waals surface area contributed by atoms with Crippen molar-refractivity contribution >= 4 is 21.0 Å². The first kappa shape index (κ1) is 17.1. The second-order valence-electron chi connectivity index (χ2n) is 6.61. The van der Waals surface area contributed by atoms with Gasteiger partial charge in [0.25, 0.3) is 0 Å². The fraction of sp³-hybridized carbons (Fsp3) is 0.263. The number of fused-ring (bicyclic) bond motifs is 2. The molecule has 0 radical (unpaired) electrons. The molecule has 1 unspecified atom stereocenters. The van der Waals surface area contributed by atoms with Crippen LogP contribution in [0.3, 0.4) is 0 Å². The van der Waals surface area contributed by atoms with Gasteiger partial charge >= 0.3 is 0 Å². The summed E-state index contributed by atoms with van der Waals surface area (Å²) in [5.74, 6) is 1.03. The molecule has 0 bridgehead atoms. The average molecular weight is 373 g/mol. The number of hydrogen-bond acceptors (Lipinski definition) is 5. The summed E-state index contributed by atoms with van der Waals surface area (Å²) in [4.78, 5) is 0.155. The maximum Gasteiger partial charge on any atom is 0.240 e. The van der Waals surface area contributed by atoms with Crippen LogP contribution in [0.25, 0.3) is 11.0 Å². The molecule has 1 aliphatic heterocycles. The van der Waals surface area contributed by atoms with Crippen LogP contribution in [0, 0.1) is 0 Å². The Kier molecular flexibility index (Phi) is 4.02. The molecule has 0 spiro atoms. The van der Waals surface area contributed by atoms with Crippen LogP contribution in [-0.2, 0) is 22.0 Å². The maximum absolute atomic E-state index is 12.6. The van der Waals surface area contributed by atoms with Gasteiger partial charge in [0.1, 0.15) is 22.7 Å². The van der Waals surface area contributed by atoms with Gasteiger partial charge in [0.05, 0.1) is 11.5 Å². The molecule has 0 amide bonds. The number of benzene rings is 2. The van der Waals surface area contributed by atoms with E-state index in [2.05, 4.69) is 4.72 Å². The number of aliphatic hydroxyl groups is 1. The van der Waals surface area contributed by atoms with Gasteiger partial charge in [-0.15, -0.1) is 0 Å². The standard InChI is InChI=1S/C19H19NO5S/c1-19(21,18-11-13-4-2-3-5-17(13)25-18)12-20-26(22,23)15-6-7-16-14(10-15)8-9-24-16/h2-7,10-11,20-21H,8-9,12H2,1H3. The lowest BCUT2D eigenvalue weighted by atomic mass is 10.0. The lowest BCUT2D eigenvalue weighted by molar-refractivity contribution is 0.0412. The highest BCUT2D eigenvalue weighted by Crippen LogP contribution is 2.29. The second kappa shape index (κ2) is 6.12. The molecule has 0 saturated carbocycles. The highest BCUT2D eigenvalue weighted by Gasteiger charge is 2.30. The molecule has 6 nitrogen and oxygen atoms in total. The summed E-state index contributed by atoms with van der Waals surface area (Å²) < 4.78 is 38.7. The Hall–Kier alpha value is -2.35. The molecule has 1 aliphatic rings. The third-order valence-electron chi connectivity index (χ3n) is 4.53. The lowest BCUT2D eigenvalue weighted by Crippen LogP contribution is -2.38. The summed E-state index contributed by atoms with van der Waals surface area (Å²) >= 11 is 0. The third-order valence-corrected chi connectivity index (χ3v) is 5.93. The average Bonchev–Trinajstić information content (AvgIpc) is 3.26. The minimum Gasteiger partial charge on any atom is -0.493 e. The van der Waals surface area contributed by atoms with Crippen LogP contribution in [0.2, 0.25) is 0 Å². The number of nitrogens with one attached hydrogen (secondary N) is 1. The van der Waals surface area contributed by atoms with Crippen LogP contribution in [0.5, 0.6) is 5.75 Å². The van der Waals surface area contributed by atoms with E-state index in [1.54, 1.807) is 24.3 Å². The van der Waals surface area contributed by atoms with Crippen LogP contribution in [0.15, 0.2) is 57.8 Å². The topological polar surface area (TPSA) is 88.8 Å². The van der Waals surface area contributed by atoms with Gasteiger partial charge in [-0.3, -0.25) is 0 Å². The van der Waals surface area contributed by atoms with Crippen molar-refractivity contribution in [3.63, 3.8) is 0 Å². The van der Waals surface area contributed by atoms with E-state index >= 15 is 0 Å². The molecular formula is C19H19NO5S. The van der Waals surface area contributed by atoms with Gasteiger partial charge in [0, 0.05) is 18.4 Å². The van der Waals surface area contributed by atoms with Crippen LogP contribution < -0.4 is 9.46 Å². The van der Waals surface area contributed by atoms with Crippen LogP contribution in [0.1, 0.15) is 18.2 Å². The number of para-hydroxylation sites is 1. The number of ether oxygens (including phenoxy) is 1. The smallest absolute Gasteiger partial charge is 0.240 e. The predicted molar refractivity (Wildman–Crippen MR) is 96.6 cm³/mol. The van der Waals surface area contributed by atoms with E-state index in [0.717, 1.165) is 16.7 Å². The van der Waals surface area contributed by atoms with Crippen molar-refractivity contribution in [1.82, 2.24) is 4.72 Å². The van der Waals surface area contributed by atoms with Crippen molar-refractivity contribution in [1.29, 1.82) is 0 Å². The number of hydrogen-bond donors (Lipinski definition) is 2. The monoisotopic (exact) mass is 373 g/mol. The zero-order valence-electron chi connectivity index (χ0n) is 14.2. The van der Waals surface area contributed by atoms with Crippen LogP contribution in [0.4, 0.5) is 0 Å². The second-order valence-corrected chi connectivity index (χ2v) is 8.38. The summed E-state index contributed by atoms with van der Waals surface area (Å²) in [6, 6.07) is 13.9. The molecule has 26 heavy (non-hydrogen) atoms. The highest BCUT2D eigenvalue weighted by molar-refractivity contribution is 7.89. The molecule has 2 aromatic carbocycles. The molecule has 3 aromatic rings. The van der Waals surface area contributed by atoms with E-state index in [4.69, 9.17) is 9.15 Å². The normalized spacial score (nSPS) is 16.2. The molecule has 0 fully saturated rings. The molecule has 0 aliphatic carbocycles. The summed E-state index contributed by atoms with van der Waals surface area (Å²) in [6.07, 6.45) is 0.690. The first-order valence-electron chi connectivity index (χ1n) is 8.32. The Bertz CT molecular complexity index is 1040. The van der Waals surface area contributed by atoms with Gasteiger partial charge in [0.15, 0.2) is 0 Å². The largest absolute Gasteiger partial charge is 0.493 e. The van der Waals surface area contributed by atoms with E-state index in [0.29, 0.717) is 24.4 Å². The van der Waals surface area contributed by atoms with E-state index in [-0.39, 0.29) is 11.4 Å². The van der Waals surface area contributed by atoms with E-state index in [1.165, 1.54) is 13.0 Å². The van der Waals surface area contributed by atoms with Crippen molar-refractivity contribution in [2.45, 2.75) is 23.8 Å². The minimum atomic E-state index is -3.76. The molecule has 1 aromatic heterocycles. The zero-order valence-corrected chi connectivity index (χ0v) is 15.0. The highest BCUT2D eigenvalue weighted by atomic mass is 32.2. The van der Waals surface area contributed by atoms with Gasteiger partial charge in [-0.2, -0.15) is 0 Å². The van der Waals surface area contributed by atoms with Crippen molar-refractivity contribution in [3.05, 3.63) is 59.9 Å². The Labute approximate surface area is 151 Å². The van der Waals surface area contributed by atoms with Crippen molar-refractivity contribution in [2.75, 3.05) is 13.2 Å². The van der Waals surface area contributed by atoms with Gasteiger partial charge in [-0.1, -0.05) is 18.2 Å². The fourth-order valence-electron chi connectivity index (χ4n) is 2.98. The molecule has 7 heteroatoms. The molecule has 2 N–H and O–H groups in total. The molecular weight excluding hydrogens is 354 g/mol. The first-order valence-corrected chi connectivity index (χ1v) is 9.80. The summed E-state index contributed by atoms with van der Waals surface area (Å²) in [7, 11) is -3.76. The van der Waals surface area contributed by atoms with Gasteiger partial charge < -0.3 is 14.3 Å². The summed E-state index contributed by atoms with van der Waals surface area (Å²) in [5.41, 5.74) is 0.0347. The van der Waals surface area contributed by atoms with Crippen LogP contribution >= 0.6 is 0 Å². The quantitative estimate of drug-likeness (QED) is 0.718. The van der Waals surface area contributed by atoms with Gasteiger partial charge in [-0.05, 0) is 42.8 Å².